The molecule has 0 aliphatic rings. The highest BCUT2D eigenvalue weighted by atomic mass is 16.5. The van der Waals surface area contributed by atoms with Crippen LogP contribution in [0.4, 0.5) is 0 Å². The van der Waals surface area contributed by atoms with Gasteiger partial charge in [0.15, 0.2) is 0 Å². The molecule has 0 spiro atoms. The Morgan fingerprint density at radius 2 is 1.95 bits per heavy atom. The average Bonchev–Trinajstić information content (AvgIpc) is 2.58. The van der Waals surface area contributed by atoms with Gasteiger partial charge < -0.3 is 10.1 Å². The van der Waals surface area contributed by atoms with Crippen molar-refractivity contribution in [1.82, 2.24) is 5.32 Å². The third-order valence-corrected chi connectivity index (χ3v) is 3.47. The summed E-state index contributed by atoms with van der Waals surface area (Å²) in [5.74, 6) is 0.973. The first-order chi connectivity index (χ1) is 10.7. The highest BCUT2D eigenvalue weighted by molar-refractivity contribution is 5.91. The van der Waals surface area contributed by atoms with Crippen LogP contribution in [0.5, 0.6) is 5.75 Å². The molecule has 0 saturated carbocycles. The maximum absolute atomic E-state index is 11.9. The highest BCUT2D eigenvalue weighted by Gasteiger charge is 2.05. The first-order valence-electron chi connectivity index (χ1n) is 7.34. The number of ether oxygens (including phenoxy) is 1. The van der Waals surface area contributed by atoms with E-state index >= 15 is 0 Å². The minimum atomic E-state index is -0.0920. The van der Waals surface area contributed by atoms with Crippen LogP contribution in [-0.2, 0) is 4.79 Å². The Labute approximate surface area is 131 Å². The van der Waals surface area contributed by atoms with Gasteiger partial charge in [-0.1, -0.05) is 49.4 Å². The molecule has 0 fully saturated rings. The van der Waals surface area contributed by atoms with Gasteiger partial charge in [0, 0.05) is 12.6 Å². The van der Waals surface area contributed by atoms with Crippen molar-refractivity contribution in [3.05, 3.63) is 71.8 Å². The molecule has 1 atom stereocenters. The molecule has 3 heteroatoms. The summed E-state index contributed by atoms with van der Waals surface area (Å²) in [4.78, 5) is 11.9. The second kappa shape index (κ2) is 8.03. The fourth-order valence-electron chi connectivity index (χ4n) is 2.13. The lowest BCUT2D eigenvalue weighted by atomic mass is 10.0. The third-order valence-electron chi connectivity index (χ3n) is 3.47. The van der Waals surface area contributed by atoms with Crippen LogP contribution >= 0.6 is 0 Å². The maximum Gasteiger partial charge on any atom is 0.244 e. The zero-order valence-corrected chi connectivity index (χ0v) is 13.0. The average molecular weight is 295 g/mol. The van der Waals surface area contributed by atoms with E-state index in [-0.39, 0.29) is 11.8 Å². The van der Waals surface area contributed by atoms with E-state index in [1.807, 2.05) is 42.5 Å². The molecule has 114 valence electrons. The number of rotatable bonds is 6. The molecular weight excluding hydrogens is 274 g/mol. The molecule has 0 aliphatic carbocycles. The second-order valence-corrected chi connectivity index (χ2v) is 5.17. The number of hydrogen-bond acceptors (Lipinski definition) is 2. The topological polar surface area (TPSA) is 38.3 Å². The van der Waals surface area contributed by atoms with Crippen molar-refractivity contribution in [1.29, 1.82) is 0 Å². The summed E-state index contributed by atoms with van der Waals surface area (Å²) >= 11 is 0. The summed E-state index contributed by atoms with van der Waals surface area (Å²) < 4.78 is 5.16. The Morgan fingerprint density at radius 1 is 1.18 bits per heavy atom. The monoisotopic (exact) mass is 295 g/mol. The van der Waals surface area contributed by atoms with Gasteiger partial charge in [0.25, 0.3) is 0 Å². The molecule has 0 aliphatic heterocycles. The Balaban J connectivity index is 1.86. The molecule has 0 radical (unpaired) electrons. The quantitative estimate of drug-likeness (QED) is 0.826. The minimum Gasteiger partial charge on any atom is -0.497 e. The van der Waals surface area contributed by atoms with Gasteiger partial charge in [-0.3, -0.25) is 4.79 Å². The number of carbonyl (C=O) groups is 1. The number of benzene rings is 2. The lowest BCUT2D eigenvalue weighted by Gasteiger charge is -2.11. The van der Waals surface area contributed by atoms with Gasteiger partial charge in [0.05, 0.1) is 7.11 Å². The molecule has 2 aromatic carbocycles. The molecule has 1 amide bonds. The van der Waals surface area contributed by atoms with E-state index in [1.165, 1.54) is 5.56 Å². The zero-order valence-electron chi connectivity index (χ0n) is 13.0. The predicted octanol–water partition coefficient (Wildman–Crippen LogP) is 3.63. The largest absolute Gasteiger partial charge is 0.497 e. The predicted molar refractivity (Wildman–Crippen MR) is 89.9 cm³/mol. The van der Waals surface area contributed by atoms with E-state index in [0.717, 1.165) is 11.3 Å². The van der Waals surface area contributed by atoms with Gasteiger partial charge in [0.2, 0.25) is 5.91 Å². The van der Waals surface area contributed by atoms with Gasteiger partial charge in [-0.15, -0.1) is 0 Å². The zero-order chi connectivity index (χ0) is 15.8. The molecule has 0 heterocycles. The number of carbonyl (C=O) groups excluding carboxylic acids is 1. The number of amides is 1. The SMILES string of the molecule is COc1cccc(C=CC(=O)NCC(C)c2ccccc2)c1. The summed E-state index contributed by atoms with van der Waals surface area (Å²) in [5, 5.41) is 2.92. The fourth-order valence-corrected chi connectivity index (χ4v) is 2.13. The summed E-state index contributed by atoms with van der Waals surface area (Å²) in [6, 6.07) is 17.7. The normalized spacial score (nSPS) is 12.1. The molecule has 0 aromatic heterocycles. The Bertz CT molecular complexity index is 635. The van der Waals surface area contributed by atoms with Crippen LogP contribution in [0.3, 0.4) is 0 Å². The van der Waals surface area contributed by atoms with E-state index < -0.39 is 0 Å². The van der Waals surface area contributed by atoms with Crippen molar-refractivity contribution in [3.63, 3.8) is 0 Å². The van der Waals surface area contributed by atoms with E-state index in [4.69, 9.17) is 4.74 Å². The van der Waals surface area contributed by atoms with Crippen molar-refractivity contribution < 1.29 is 9.53 Å². The smallest absolute Gasteiger partial charge is 0.244 e. The molecule has 3 nitrogen and oxygen atoms in total. The third kappa shape index (κ3) is 4.77. The van der Waals surface area contributed by atoms with Crippen LogP contribution in [-0.4, -0.2) is 19.6 Å². The van der Waals surface area contributed by atoms with Crippen molar-refractivity contribution in [2.24, 2.45) is 0 Å². The van der Waals surface area contributed by atoms with Gasteiger partial charge in [-0.25, -0.2) is 0 Å². The summed E-state index contributed by atoms with van der Waals surface area (Å²) in [6.45, 7) is 2.71. The first kappa shape index (κ1) is 15.8. The molecule has 0 bridgehead atoms. The van der Waals surface area contributed by atoms with Crippen LogP contribution in [0.15, 0.2) is 60.7 Å². The van der Waals surface area contributed by atoms with Gasteiger partial charge in [-0.05, 0) is 35.3 Å². The molecule has 1 N–H and O–H groups in total. The highest BCUT2D eigenvalue weighted by Crippen LogP contribution is 2.14. The molecule has 2 aromatic rings. The maximum atomic E-state index is 11.9. The Hall–Kier alpha value is -2.55. The van der Waals surface area contributed by atoms with E-state index in [1.54, 1.807) is 19.3 Å². The van der Waals surface area contributed by atoms with Crippen LogP contribution in [0.25, 0.3) is 6.08 Å². The molecular formula is C19H21NO2. The minimum absolute atomic E-state index is 0.0920. The van der Waals surface area contributed by atoms with E-state index in [0.29, 0.717) is 6.54 Å². The van der Waals surface area contributed by atoms with Crippen molar-refractivity contribution in [3.8, 4) is 5.75 Å². The summed E-state index contributed by atoms with van der Waals surface area (Å²) in [6.07, 6.45) is 3.33. The standard InChI is InChI=1S/C19H21NO2/c1-15(17-8-4-3-5-9-17)14-20-19(21)12-11-16-7-6-10-18(13-16)22-2/h3-13,15H,14H2,1-2H3,(H,20,21). The molecule has 0 saturated heterocycles. The fraction of sp³-hybridized carbons (Fsp3) is 0.211. The summed E-state index contributed by atoms with van der Waals surface area (Å²) in [7, 11) is 1.63. The van der Waals surface area contributed by atoms with Crippen LogP contribution in [0.1, 0.15) is 24.0 Å². The number of nitrogens with one attached hydrogen (secondary N) is 1. The van der Waals surface area contributed by atoms with Gasteiger partial charge in [0.1, 0.15) is 5.75 Å². The van der Waals surface area contributed by atoms with E-state index in [2.05, 4.69) is 24.4 Å². The lowest BCUT2D eigenvalue weighted by Crippen LogP contribution is -2.25. The van der Waals surface area contributed by atoms with Gasteiger partial charge >= 0.3 is 0 Å². The molecule has 22 heavy (non-hydrogen) atoms. The lowest BCUT2D eigenvalue weighted by molar-refractivity contribution is -0.116. The Kier molecular flexibility index (Phi) is 5.78. The molecule has 2 rings (SSSR count). The first-order valence-corrected chi connectivity index (χ1v) is 7.34. The van der Waals surface area contributed by atoms with Crippen LogP contribution < -0.4 is 10.1 Å². The second-order valence-electron chi connectivity index (χ2n) is 5.17. The van der Waals surface area contributed by atoms with Crippen molar-refractivity contribution in [2.45, 2.75) is 12.8 Å². The van der Waals surface area contributed by atoms with Crippen LogP contribution in [0.2, 0.25) is 0 Å². The van der Waals surface area contributed by atoms with Gasteiger partial charge in [-0.2, -0.15) is 0 Å². The van der Waals surface area contributed by atoms with E-state index in [9.17, 15) is 4.79 Å². The number of methoxy groups -OCH3 is 1. The summed E-state index contributed by atoms with van der Waals surface area (Å²) in [5.41, 5.74) is 2.16. The van der Waals surface area contributed by atoms with Crippen LogP contribution in [0, 0.1) is 0 Å². The number of hydrogen-bond donors (Lipinski definition) is 1. The van der Waals surface area contributed by atoms with Crippen molar-refractivity contribution >= 4 is 12.0 Å². The Morgan fingerprint density at radius 3 is 2.68 bits per heavy atom. The molecule has 1 unspecified atom stereocenters. The van der Waals surface area contributed by atoms with Crippen molar-refractivity contribution in [2.75, 3.05) is 13.7 Å².